The number of carbonyl (C=O) groups excluding carboxylic acids is 2. The number of hydrogen-bond acceptors (Lipinski definition) is 3. The van der Waals surface area contributed by atoms with Gasteiger partial charge in [0, 0.05) is 18.8 Å². The third-order valence-corrected chi connectivity index (χ3v) is 6.86. The summed E-state index contributed by atoms with van der Waals surface area (Å²) in [6, 6.07) is 20.2. The molecule has 2 heterocycles. The number of imide groups is 1. The van der Waals surface area contributed by atoms with Crippen molar-refractivity contribution in [2.75, 3.05) is 18.0 Å². The predicted molar refractivity (Wildman–Crippen MR) is 132 cm³/mol. The van der Waals surface area contributed by atoms with Gasteiger partial charge < -0.3 is 4.90 Å². The summed E-state index contributed by atoms with van der Waals surface area (Å²) in [5.74, 6) is -0.840. The quantitative estimate of drug-likeness (QED) is 0.497. The second-order valence-corrected chi connectivity index (χ2v) is 9.04. The Hall–Kier alpha value is -3.73. The molecule has 0 saturated heterocycles. The smallest absolute Gasteiger partial charge is 0.278 e. The number of amides is 2. The monoisotopic (exact) mass is 454 g/mol. The van der Waals surface area contributed by atoms with Crippen LogP contribution in [0.1, 0.15) is 34.2 Å². The van der Waals surface area contributed by atoms with E-state index in [1.54, 1.807) is 12.1 Å². The lowest BCUT2D eigenvalue weighted by molar-refractivity contribution is -0.136. The van der Waals surface area contributed by atoms with Gasteiger partial charge in [0.25, 0.3) is 11.8 Å². The first-order chi connectivity index (χ1) is 16.4. The first kappa shape index (κ1) is 22.1. The van der Waals surface area contributed by atoms with Crippen LogP contribution in [0.3, 0.4) is 0 Å². The molecular weight excluding hydrogens is 427 g/mol. The fraction of sp³-hybridized carbons (Fsp3) is 0.241. The molecule has 2 aliphatic heterocycles. The molecule has 0 aliphatic carbocycles. The van der Waals surface area contributed by atoms with Crippen LogP contribution in [0.2, 0.25) is 0 Å². The molecule has 4 nitrogen and oxygen atoms in total. The maximum Gasteiger partial charge on any atom is 0.278 e. The molecule has 172 valence electrons. The molecule has 0 bridgehead atoms. The molecule has 0 radical (unpaired) electrons. The van der Waals surface area contributed by atoms with Crippen LogP contribution in [0.15, 0.2) is 72.4 Å². The molecule has 3 aromatic rings. The zero-order valence-electron chi connectivity index (χ0n) is 19.5. The molecule has 0 saturated carbocycles. The Morgan fingerprint density at radius 1 is 0.882 bits per heavy atom. The van der Waals surface area contributed by atoms with Crippen LogP contribution in [0.5, 0.6) is 0 Å². The Bertz CT molecular complexity index is 1310. The summed E-state index contributed by atoms with van der Waals surface area (Å²) in [6.45, 7) is 4.98. The van der Waals surface area contributed by atoms with Crippen LogP contribution in [0.25, 0.3) is 5.57 Å². The van der Waals surface area contributed by atoms with E-state index < -0.39 is 0 Å². The third-order valence-electron chi connectivity index (χ3n) is 6.86. The fourth-order valence-corrected chi connectivity index (χ4v) is 4.83. The number of rotatable bonds is 5. The van der Waals surface area contributed by atoms with E-state index in [-0.39, 0.29) is 24.2 Å². The molecule has 0 unspecified atom stereocenters. The van der Waals surface area contributed by atoms with Gasteiger partial charge >= 0.3 is 0 Å². The number of benzene rings is 3. The lowest BCUT2D eigenvalue weighted by Gasteiger charge is -2.32. The number of para-hydroxylation sites is 1. The van der Waals surface area contributed by atoms with E-state index in [2.05, 4.69) is 6.07 Å². The third kappa shape index (κ3) is 3.92. The molecule has 0 fully saturated rings. The normalized spacial score (nSPS) is 15.9. The minimum Gasteiger partial charge on any atom is -0.336 e. The second kappa shape index (κ2) is 8.90. The lowest BCUT2D eigenvalue weighted by Crippen LogP contribution is -2.38. The number of fused-ring (bicyclic) bond motifs is 1. The highest BCUT2D eigenvalue weighted by Gasteiger charge is 2.42. The van der Waals surface area contributed by atoms with Gasteiger partial charge in [0.1, 0.15) is 11.5 Å². The highest BCUT2D eigenvalue weighted by Crippen LogP contribution is 2.38. The van der Waals surface area contributed by atoms with Crippen LogP contribution in [0.4, 0.5) is 10.1 Å². The molecular formula is C29H27FN2O2. The lowest BCUT2D eigenvalue weighted by atomic mass is 9.97. The van der Waals surface area contributed by atoms with Gasteiger partial charge in [-0.2, -0.15) is 0 Å². The van der Waals surface area contributed by atoms with Crippen LogP contribution in [0, 0.1) is 19.7 Å². The van der Waals surface area contributed by atoms with E-state index in [4.69, 9.17) is 0 Å². The van der Waals surface area contributed by atoms with Gasteiger partial charge in [-0.1, -0.05) is 48.5 Å². The van der Waals surface area contributed by atoms with Crippen LogP contribution in [-0.2, 0) is 22.4 Å². The summed E-state index contributed by atoms with van der Waals surface area (Å²) < 4.78 is 13.3. The number of anilines is 1. The summed E-state index contributed by atoms with van der Waals surface area (Å²) >= 11 is 0. The maximum atomic E-state index is 13.8. The fourth-order valence-electron chi connectivity index (χ4n) is 4.83. The first-order valence-electron chi connectivity index (χ1n) is 11.7. The van der Waals surface area contributed by atoms with Gasteiger partial charge in [-0.25, -0.2) is 4.39 Å². The number of halogens is 1. The van der Waals surface area contributed by atoms with Gasteiger partial charge in [0.05, 0.1) is 5.57 Å². The van der Waals surface area contributed by atoms with E-state index in [1.165, 1.54) is 22.6 Å². The minimum atomic E-state index is -0.304. The molecule has 0 atom stereocenters. The average Bonchev–Trinajstić information content (AvgIpc) is 3.09. The highest BCUT2D eigenvalue weighted by molar-refractivity contribution is 6.36. The standard InChI is InChI=1S/C29H27FN2O2/c1-19-9-12-23(18-20(19)2)26-27(31-16-5-7-22-6-3-4-8-25(22)31)29(34)32(28(26)33)17-15-21-10-13-24(30)14-11-21/h3-4,6,8-14,18H,5,7,15-17H2,1-2H3. The van der Waals surface area contributed by atoms with Crippen LogP contribution < -0.4 is 4.90 Å². The summed E-state index contributed by atoms with van der Waals surface area (Å²) in [5.41, 5.74) is 6.96. The van der Waals surface area contributed by atoms with E-state index in [9.17, 15) is 14.0 Å². The molecule has 34 heavy (non-hydrogen) atoms. The Morgan fingerprint density at radius 3 is 2.41 bits per heavy atom. The van der Waals surface area contributed by atoms with Crippen molar-refractivity contribution in [3.8, 4) is 0 Å². The van der Waals surface area contributed by atoms with Gasteiger partial charge in [-0.15, -0.1) is 0 Å². The largest absolute Gasteiger partial charge is 0.336 e. The molecule has 3 aromatic carbocycles. The average molecular weight is 455 g/mol. The van der Waals surface area contributed by atoms with Crippen molar-refractivity contribution in [2.45, 2.75) is 33.1 Å². The Balaban J connectivity index is 1.56. The van der Waals surface area contributed by atoms with Crippen molar-refractivity contribution < 1.29 is 14.0 Å². The molecule has 0 N–H and O–H groups in total. The van der Waals surface area contributed by atoms with Crippen molar-refractivity contribution >= 4 is 23.1 Å². The summed E-state index contributed by atoms with van der Waals surface area (Å²) in [6.07, 6.45) is 2.34. The summed E-state index contributed by atoms with van der Waals surface area (Å²) in [5, 5.41) is 0. The molecule has 2 aliphatic rings. The molecule has 0 spiro atoms. The van der Waals surface area contributed by atoms with Crippen LogP contribution in [-0.4, -0.2) is 29.8 Å². The molecule has 5 heteroatoms. The van der Waals surface area contributed by atoms with Crippen molar-refractivity contribution in [1.29, 1.82) is 0 Å². The van der Waals surface area contributed by atoms with Crippen molar-refractivity contribution in [1.82, 2.24) is 4.90 Å². The van der Waals surface area contributed by atoms with E-state index in [0.29, 0.717) is 24.2 Å². The first-order valence-corrected chi connectivity index (χ1v) is 11.7. The van der Waals surface area contributed by atoms with Gasteiger partial charge in [-0.3, -0.25) is 14.5 Å². The van der Waals surface area contributed by atoms with Crippen LogP contribution >= 0.6 is 0 Å². The van der Waals surface area contributed by atoms with Crippen molar-refractivity contribution in [3.05, 3.63) is 106 Å². The second-order valence-electron chi connectivity index (χ2n) is 9.04. The topological polar surface area (TPSA) is 40.6 Å². The Morgan fingerprint density at radius 2 is 1.65 bits per heavy atom. The van der Waals surface area contributed by atoms with E-state index in [0.717, 1.165) is 40.8 Å². The zero-order valence-corrected chi connectivity index (χ0v) is 19.5. The predicted octanol–water partition coefficient (Wildman–Crippen LogP) is 5.22. The van der Waals surface area contributed by atoms with Gasteiger partial charge in [0.15, 0.2) is 0 Å². The van der Waals surface area contributed by atoms with Crippen molar-refractivity contribution in [3.63, 3.8) is 0 Å². The summed E-state index contributed by atoms with van der Waals surface area (Å²) in [7, 11) is 0. The van der Waals surface area contributed by atoms with Gasteiger partial charge in [-0.05, 0) is 79.1 Å². The van der Waals surface area contributed by atoms with E-state index in [1.807, 2.05) is 55.1 Å². The van der Waals surface area contributed by atoms with E-state index >= 15 is 0 Å². The molecule has 5 rings (SSSR count). The minimum absolute atomic E-state index is 0.247. The number of nitrogens with zero attached hydrogens (tertiary/aromatic N) is 2. The molecule has 0 aromatic heterocycles. The Labute approximate surface area is 199 Å². The maximum absolute atomic E-state index is 13.8. The van der Waals surface area contributed by atoms with Gasteiger partial charge in [0.2, 0.25) is 0 Å². The summed E-state index contributed by atoms with van der Waals surface area (Å²) in [4.78, 5) is 30.9. The molecule has 2 amide bonds. The number of hydrogen-bond donors (Lipinski definition) is 0. The SMILES string of the molecule is Cc1ccc(C2=C(N3CCCc4ccccc43)C(=O)N(CCc3ccc(F)cc3)C2=O)cc1C. The highest BCUT2D eigenvalue weighted by atomic mass is 19.1. The number of carbonyl (C=O) groups is 2. The zero-order chi connectivity index (χ0) is 23.8. The Kier molecular flexibility index (Phi) is 5.78. The van der Waals surface area contributed by atoms with Crippen molar-refractivity contribution in [2.24, 2.45) is 0 Å². The number of aryl methyl sites for hydroxylation is 3.